The first kappa shape index (κ1) is 25.2. The summed E-state index contributed by atoms with van der Waals surface area (Å²) in [5.74, 6) is -1.58. The minimum Gasteiger partial charge on any atom is -0.481 e. The number of aromatic nitrogens is 1. The predicted octanol–water partition coefficient (Wildman–Crippen LogP) is 5.06. The normalized spacial score (nSPS) is 15.2. The molecule has 1 aliphatic carbocycles. The smallest absolute Gasteiger partial charge is 0.417 e. The minimum absolute atomic E-state index is 0.0335. The molecule has 0 bridgehead atoms. The van der Waals surface area contributed by atoms with Crippen molar-refractivity contribution < 1.29 is 27.9 Å². The van der Waals surface area contributed by atoms with Crippen LogP contribution < -0.4 is 10.9 Å². The Morgan fingerprint density at radius 3 is 2.36 bits per heavy atom. The summed E-state index contributed by atoms with van der Waals surface area (Å²) in [5, 5.41) is 12.3. The van der Waals surface area contributed by atoms with Gasteiger partial charge in [0.05, 0.1) is 23.4 Å². The molecule has 1 atom stereocenters. The molecule has 9 heteroatoms. The van der Waals surface area contributed by atoms with E-state index in [2.05, 4.69) is 5.32 Å². The van der Waals surface area contributed by atoms with Crippen LogP contribution in [-0.4, -0.2) is 21.6 Å². The number of benzene rings is 2. The Hall–Kier alpha value is -3.88. The second-order valence-electron chi connectivity index (χ2n) is 9.30. The van der Waals surface area contributed by atoms with Crippen molar-refractivity contribution in [2.75, 3.05) is 5.32 Å². The van der Waals surface area contributed by atoms with Crippen molar-refractivity contribution in [1.29, 1.82) is 0 Å². The first-order chi connectivity index (χ1) is 17.0. The average Bonchev–Trinajstić information content (AvgIpc) is 3.61. The zero-order valence-electron chi connectivity index (χ0n) is 19.5. The summed E-state index contributed by atoms with van der Waals surface area (Å²) in [6, 6.07) is 15.6. The van der Waals surface area contributed by atoms with Crippen molar-refractivity contribution in [2.45, 2.75) is 44.8 Å². The monoisotopic (exact) mass is 498 g/mol. The van der Waals surface area contributed by atoms with Gasteiger partial charge >= 0.3 is 12.1 Å². The van der Waals surface area contributed by atoms with Gasteiger partial charge < -0.3 is 15.0 Å². The first-order valence-corrected chi connectivity index (χ1v) is 11.5. The van der Waals surface area contributed by atoms with Gasteiger partial charge in [-0.1, -0.05) is 36.4 Å². The van der Waals surface area contributed by atoms with Gasteiger partial charge in [-0.15, -0.1) is 0 Å². The number of aliphatic carboxylic acids is 1. The number of alkyl halides is 3. The van der Waals surface area contributed by atoms with E-state index < -0.39 is 34.6 Å². The fraction of sp³-hybridized carbons (Fsp3) is 0.296. The van der Waals surface area contributed by atoms with E-state index in [1.54, 1.807) is 49.4 Å². The Morgan fingerprint density at radius 2 is 1.75 bits per heavy atom. The number of hydrogen-bond donors (Lipinski definition) is 2. The average molecular weight is 499 g/mol. The van der Waals surface area contributed by atoms with Crippen LogP contribution in [0, 0.1) is 5.41 Å². The maximum atomic E-state index is 13.0. The molecule has 0 spiro atoms. The zero-order chi connectivity index (χ0) is 26.1. The summed E-state index contributed by atoms with van der Waals surface area (Å²) in [7, 11) is 0. The first-order valence-electron chi connectivity index (χ1n) is 11.5. The summed E-state index contributed by atoms with van der Waals surface area (Å²) >= 11 is 0. The number of carboxylic acid groups (broad SMARTS) is 1. The van der Waals surface area contributed by atoms with Crippen LogP contribution in [0.4, 0.5) is 18.9 Å². The van der Waals surface area contributed by atoms with E-state index in [0.717, 1.165) is 28.5 Å². The second kappa shape index (κ2) is 9.64. The van der Waals surface area contributed by atoms with E-state index in [4.69, 9.17) is 0 Å². The molecule has 188 valence electrons. The number of amides is 1. The van der Waals surface area contributed by atoms with Gasteiger partial charge in [-0.05, 0) is 61.1 Å². The van der Waals surface area contributed by atoms with E-state index in [0.29, 0.717) is 36.1 Å². The van der Waals surface area contributed by atoms with Gasteiger partial charge in [-0.3, -0.25) is 14.4 Å². The number of nitrogens with zero attached hydrogens (tertiary/aromatic N) is 1. The molecule has 2 aromatic carbocycles. The molecule has 0 saturated heterocycles. The highest BCUT2D eigenvalue weighted by molar-refractivity contribution is 5.95. The molecule has 1 saturated carbocycles. The summed E-state index contributed by atoms with van der Waals surface area (Å²) in [4.78, 5) is 36.3. The lowest BCUT2D eigenvalue weighted by molar-refractivity contribution is -0.143. The van der Waals surface area contributed by atoms with Crippen molar-refractivity contribution in [2.24, 2.45) is 5.41 Å². The lowest BCUT2D eigenvalue weighted by Crippen LogP contribution is -2.22. The molecule has 1 heterocycles. The second-order valence-corrected chi connectivity index (χ2v) is 9.30. The highest BCUT2D eigenvalue weighted by atomic mass is 19.4. The SMILES string of the molecule is C[C@H](C(=O)Nc1cccc(CC2(C(=O)O)CC2)c1)c1ccc(Cn2cc(C(F)(F)F)ccc2=O)cc1. The fourth-order valence-corrected chi connectivity index (χ4v) is 4.10. The highest BCUT2D eigenvalue weighted by Crippen LogP contribution is 2.48. The largest absolute Gasteiger partial charge is 0.481 e. The maximum absolute atomic E-state index is 13.0. The molecule has 1 fully saturated rings. The van der Waals surface area contributed by atoms with E-state index >= 15 is 0 Å². The van der Waals surface area contributed by atoms with Gasteiger partial charge in [0.25, 0.3) is 5.56 Å². The third kappa shape index (κ3) is 5.67. The zero-order valence-corrected chi connectivity index (χ0v) is 19.5. The van der Waals surface area contributed by atoms with E-state index in [1.807, 2.05) is 6.07 Å². The highest BCUT2D eigenvalue weighted by Gasteiger charge is 2.49. The predicted molar refractivity (Wildman–Crippen MR) is 128 cm³/mol. The van der Waals surface area contributed by atoms with E-state index in [-0.39, 0.29) is 12.5 Å². The summed E-state index contributed by atoms with van der Waals surface area (Å²) in [6.07, 6.45) is -2.04. The van der Waals surface area contributed by atoms with Crippen LogP contribution in [0.15, 0.2) is 71.7 Å². The van der Waals surface area contributed by atoms with Crippen molar-refractivity contribution in [1.82, 2.24) is 4.57 Å². The van der Waals surface area contributed by atoms with Crippen LogP contribution in [0.2, 0.25) is 0 Å². The minimum atomic E-state index is -4.54. The Bertz CT molecular complexity index is 1340. The van der Waals surface area contributed by atoms with Crippen molar-refractivity contribution >= 4 is 17.6 Å². The molecule has 2 N–H and O–H groups in total. The van der Waals surface area contributed by atoms with Crippen molar-refractivity contribution in [3.63, 3.8) is 0 Å². The Labute approximate surface area is 205 Å². The molecule has 1 aliphatic rings. The van der Waals surface area contributed by atoms with Crippen LogP contribution in [-0.2, 0) is 28.7 Å². The molecule has 6 nitrogen and oxygen atoms in total. The molecular formula is C27H25F3N2O4. The van der Waals surface area contributed by atoms with Crippen LogP contribution in [0.3, 0.4) is 0 Å². The van der Waals surface area contributed by atoms with Gasteiger partial charge in [0.2, 0.25) is 5.91 Å². The van der Waals surface area contributed by atoms with Gasteiger partial charge in [0, 0.05) is 18.0 Å². The summed E-state index contributed by atoms with van der Waals surface area (Å²) < 4.78 is 39.9. The molecule has 3 aromatic rings. The van der Waals surface area contributed by atoms with E-state index in [1.165, 1.54) is 0 Å². The van der Waals surface area contributed by atoms with Gasteiger partial charge in [-0.2, -0.15) is 13.2 Å². The van der Waals surface area contributed by atoms with Crippen LogP contribution >= 0.6 is 0 Å². The third-order valence-corrected chi connectivity index (χ3v) is 6.58. The number of pyridine rings is 1. The topological polar surface area (TPSA) is 88.4 Å². The number of carbonyl (C=O) groups excluding carboxylic acids is 1. The molecule has 1 aromatic heterocycles. The standard InChI is InChI=1S/C27H25F3N2O4/c1-17(24(34)31-22-4-2-3-19(13-22)14-26(11-12-26)25(35)36)20-7-5-18(6-8-20)15-32-16-21(27(28,29)30)9-10-23(32)33/h2-10,13,16-17H,11-12,14-15H2,1H3,(H,31,34)(H,35,36)/t17-/m0/s1. The number of rotatable bonds is 8. The fourth-order valence-electron chi connectivity index (χ4n) is 4.10. The van der Waals surface area contributed by atoms with Crippen molar-refractivity contribution in [3.8, 4) is 0 Å². The quantitative estimate of drug-likeness (QED) is 0.454. The number of hydrogen-bond acceptors (Lipinski definition) is 3. The number of anilines is 1. The van der Waals surface area contributed by atoms with Crippen LogP contribution in [0.5, 0.6) is 0 Å². The molecule has 0 radical (unpaired) electrons. The molecule has 36 heavy (non-hydrogen) atoms. The Balaban J connectivity index is 1.41. The number of halogens is 3. The Morgan fingerprint density at radius 1 is 1.06 bits per heavy atom. The van der Waals surface area contributed by atoms with Gasteiger partial charge in [0.1, 0.15) is 0 Å². The number of carboxylic acids is 1. The lowest BCUT2D eigenvalue weighted by Gasteiger charge is -2.15. The van der Waals surface area contributed by atoms with Gasteiger partial charge in [-0.25, -0.2) is 0 Å². The molecule has 1 amide bonds. The summed E-state index contributed by atoms with van der Waals surface area (Å²) in [5.41, 5.74) is 0.596. The third-order valence-electron chi connectivity index (χ3n) is 6.58. The molecule has 0 unspecified atom stereocenters. The van der Waals surface area contributed by atoms with E-state index in [9.17, 15) is 32.7 Å². The van der Waals surface area contributed by atoms with Crippen molar-refractivity contribution in [3.05, 3.63) is 99.5 Å². The van der Waals surface area contributed by atoms with Gasteiger partial charge in [0.15, 0.2) is 0 Å². The molecule has 4 rings (SSSR count). The maximum Gasteiger partial charge on any atom is 0.417 e. The molecular weight excluding hydrogens is 473 g/mol. The lowest BCUT2D eigenvalue weighted by atomic mass is 9.96. The Kier molecular flexibility index (Phi) is 6.75. The van der Waals surface area contributed by atoms with Crippen LogP contribution in [0.25, 0.3) is 0 Å². The number of nitrogens with one attached hydrogen (secondary N) is 1. The van der Waals surface area contributed by atoms with Crippen LogP contribution in [0.1, 0.15) is 47.9 Å². The number of carbonyl (C=O) groups is 2. The molecule has 0 aliphatic heterocycles. The summed E-state index contributed by atoms with van der Waals surface area (Å²) in [6.45, 7) is 1.70.